The van der Waals surface area contributed by atoms with Crippen LogP contribution < -0.4 is 4.74 Å². The maximum Gasteiger partial charge on any atom is 0.261 e. The topological polar surface area (TPSA) is 59.7 Å². The highest BCUT2D eigenvalue weighted by atomic mass is 19.1. The van der Waals surface area contributed by atoms with Gasteiger partial charge >= 0.3 is 0 Å². The number of ether oxygens (including phenoxy) is 1. The molecule has 7 heteroatoms. The second-order valence-electron chi connectivity index (χ2n) is 6.30. The number of benzene rings is 1. The summed E-state index contributed by atoms with van der Waals surface area (Å²) < 4.78 is 20.8. The summed E-state index contributed by atoms with van der Waals surface area (Å²) in [4.78, 5) is 19.1. The number of rotatable bonds is 4. The summed E-state index contributed by atoms with van der Waals surface area (Å²) in [6.45, 7) is 0.461. The predicted octanol–water partition coefficient (Wildman–Crippen LogP) is 3.00. The van der Waals surface area contributed by atoms with Crippen LogP contribution in [-0.4, -0.2) is 38.6 Å². The summed E-state index contributed by atoms with van der Waals surface area (Å²) in [6.07, 6.45) is 6.37. The van der Waals surface area contributed by atoms with Crippen LogP contribution in [0.2, 0.25) is 0 Å². The van der Waals surface area contributed by atoms with Gasteiger partial charge in [-0.1, -0.05) is 12.1 Å². The van der Waals surface area contributed by atoms with Crippen molar-refractivity contribution in [1.82, 2.24) is 19.5 Å². The maximum absolute atomic E-state index is 13.7. The molecule has 0 aliphatic carbocycles. The Bertz CT molecular complexity index is 927. The Balaban J connectivity index is 1.51. The Labute approximate surface area is 150 Å². The van der Waals surface area contributed by atoms with E-state index in [-0.39, 0.29) is 24.3 Å². The number of likely N-dealkylation sites (tertiary alicyclic amines) is 1. The van der Waals surface area contributed by atoms with Gasteiger partial charge in [0.05, 0.1) is 17.9 Å². The van der Waals surface area contributed by atoms with Gasteiger partial charge in [0.25, 0.3) is 5.91 Å². The predicted molar refractivity (Wildman–Crippen MR) is 93.2 cm³/mol. The van der Waals surface area contributed by atoms with Gasteiger partial charge in [0.1, 0.15) is 0 Å². The fourth-order valence-electron chi connectivity index (χ4n) is 3.33. The van der Waals surface area contributed by atoms with Crippen LogP contribution in [0.5, 0.6) is 5.75 Å². The average molecular weight is 354 g/mol. The molecule has 2 aromatic heterocycles. The molecule has 3 aromatic rings. The molecule has 0 unspecified atom stereocenters. The van der Waals surface area contributed by atoms with Crippen molar-refractivity contribution in [2.45, 2.75) is 25.3 Å². The molecule has 134 valence electrons. The highest BCUT2D eigenvalue weighted by Gasteiger charge is 2.29. The fraction of sp³-hybridized carbons (Fsp3) is 0.316. The first-order valence-corrected chi connectivity index (χ1v) is 8.69. The number of carbonyl (C=O) groups excluding carboxylic acids is 1. The molecular weight excluding hydrogens is 335 g/mol. The molecule has 6 nitrogen and oxygen atoms in total. The van der Waals surface area contributed by atoms with E-state index in [2.05, 4.69) is 10.1 Å². The average Bonchev–Trinajstić information content (AvgIpc) is 3.15. The molecule has 0 radical (unpaired) electrons. The van der Waals surface area contributed by atoms with E-state index in [0.717, 1.165) is 30.6 Å². The van der Waals surface area contributed by atoms with Crippen LogP contribution in [0.25, 0.3) is 5.65 Å². The molecule has 4 rings (SSSR count). The number of para-hydroxylation sites is 1. The van der Waals surface area contributed by atoms with Crippen molar-refractivity contribution in [2.75, 3.05) is 13.2 Å². The fourth-order valence-corrected chi connectivity index (χ4v) is 3.33. The first kappa shape index (κ1) is 16.5. The minimum Gasteiger partial charge on any atom is -0.481 e. The molecule has 1 saturated heterocycles. The number of fused-ring (bicyclic) bond motifs is 1. The molecule has 1 aliphatic heterocycles. The molecule has 1 atom stereocenters. The quantitative estimate of drug-likeness (QED) is 0.723. The van der Waals surface area contributed by atoms with Crippen LogP contribution in [-0.2, 0) is 4.79 Å². The molecule has 1 aliphatic rings. The lowest BCUT2D eigenvalue weighted by Crippen LogP contribution is -2.41. The van der Waals surface area contributed by atoms with Gasteiger partial charge in [-0.2, -0.15) is 5.10 Å². The lowest BCUT2D eigenvalue weighted by molar-refractivity contribution is -0.137. The van der Waals surface area contributed by atoms with Crippen molar-refractivity contribution in [1.29, 1.82) is 0 Å². The zero-order valence-corrected chi connectivity index (χ0v) is 14.2. The third-order valence-electron chi connectivity index (χ3n) is 4.63. The van der Waals surface area contributed by atoms with E-state index in [9.17, 15) is 9.18 Å². The molecule has 3 heterocycles. The summed E-state index contributed by atoms with van der Waals surface area (Å²) in [6, 6.07) is 9.73. The largest absolute Gasteiger partial charge is 0.481 e. The highest BCUT2D eigenvalue weighted by molar-refractivity contribution is 5.78. The summed E-state index contributed by atoms with van der Waals surface area (Å²) in [5.74, 6) is -0.537. The second kappa shape index (κ2) is 7.11. The van der Waals surface area contributed by atoms with E-state index >= 15 is 0 Å². The van der Waals surface area contributed by atoms with Crippen molar-refractivity contribution in [3.63, 3.8) is 0 Å². The Morgan fingerprint density at radius 2 is 2.12 bits per heavy atom. The Hall–Kier alpha value is -2.96. The van der Waals surface area contributed by atoms with Crippen molar-refractivity contribution < 1.29 is 13.9 Å². The number of carbonyl (C=O) groups is 1. The van der Waals surface area contributed by atoms with Crippen LogP contribution >= 0.6 is 0 Å². The normalized spacial score (nSPS) is 17.4. The second-order valence-corrected chi connectivity index (χ2v) is 6.30. The maximum atomic E-state index is 13.7. The van der Waals surface area contributed by atoms with Gasteiger partial charge in [-0.3, -0.25) is 4.79 Å². The van der Waals surface area contributed by atoms with Crippen molar-refractivity contribution in [2.24, 2.45) is 0 Å². The Morgan fingerprint density at radius 3 is 3.00 bits per heavy atom. The van der Waals surface area contributed by atoms with Crippen molar-refractivity contribution >= 4 is 11.6 Å². The van der Waals surface area contributed by atoms with Crippen LogP contribution in [0.1, 0.15) is 31.0 Å². The number of hydrogen-bond acceptors (Lipinski definition) is 4. The van der Waals surface area contributed by atoms with Crippen LogP contribution in [0.15, 0.2) is 48.8 Å². The number of nitrogens with zero attached hydrogens (tertiary/aromatic N) is 4. The molecule has 0 saturated carbocycles. The first-order chi connectivity index (χ1) is 12.7. The van der Waals surface area contributed by atoms with Crippen molar-refractivity contribution in [3.8, 4) is 5.75 Å². The zero-order chi connectivity index (χ0) is 17.9. The van der Waals surface area contributed by atoms with Crippen LogP contribution in [0.4, 0.5) is 4.39 Å². The van der Waals surface area contributed by atoms with Gasteiger partial charge in [-0.05, 0) is 37.5 Å². The number of piperidine rings is 1. The number of halogens is 1. The van der Waals surface area contributed by atoms with E-state index in [1.807, 2.05) is 18.3 Å². The minimum absolute atomic E-state index is 0.0909. The van der Waals surface area contributed by atoms with Gasteiger partial charge in [-0.15, -0.1) is 0 Å². The van der Waals surface area contributed by atoms with E-state index < -0.39 is 5.82 Å². The Kier molecular flexibility index (Phi) is 4.51. The monoisotopic (exact) mass is 354 g/mol. The van der Waals surface area contributed by atoms with Gasteiger partial charge in [0.15, 0.2) is 23.8 Å². The van der Waals surface area contributed by atoms with E-state index in [1.165, 1.54) is 12.1 Å². The standard InChI is InChI=1S/C19H19FN4O2/c20-14-5-1-2-7-17(14)26-13-19(25)23-11-4-3-6-16(23)15-9-12-24-18(22-15)8-10-21-24/h1-2,5,7-10,12,16H,3-4,6,11,13H2/t16-/m1/s1. The number of hydrogen-bond donors (Lipinski definition) is 0. The Morgan fingerprint density at radius 1 is 1.23 bits per heavy atom. The highest BCUT2D eigenvalue weighted by Crippen LogP contribution is 2.30. The SMILES string of the molecule is O=C(COc1ccccc1F)N1CCCC[C@@H]1c1ccn2nccc2n1. The summed E-state index contributed by atoms with van der Waals surface area (Å²) in [5, 5.41) is 4.15. The molecule has 0 bridgehead atoms. The third kappa shape index (κ3) is 3.24. The van der Waals surface area contributed by atoms with Gasteiger partial charge in [0, 0.05) is 18.8 Å². The van der Waals surface area contributed by atoms with Gasteiger partial charge in [0.2, 0.25) is 0 Å². The zero-order valence-electron chi connectivity index (χ0n) is 14.2. The smallest absolute Gasteiger partial charge is 0.261 e. The molecule has 1 fully saturated rings. The molecule has 26 heavy (non-hydrogen) atoms. The van der Waals surface area contributed by atoms with Crippen LogP contribution in [0, 0.1) is 5.82 Å². The third-order valence-corrected chi connectivity index (χ3v) is 4.63. The molecule has 1 amide bonds. The minimum atomic E-state index is -0.469. The molecule has 0 N–H and O–H groups in total. The summed E-state index contributed by atoms with van der Waals surface area (Å²) in [7, 11) is 0. The lowest BCUT2D eigenvalue weighted by atomic mass is 9.99. The molecule has 1 aromatic carbocycles. The lowest BCUT2D eigenvalue weighted by Gasteiger charge is -2.35. The molecular formula is C19H19FN4O2. The van der Waals surface area contributed by atoms with Crippen LogP contribution in [0.3, 0.4) is 0 Å². The molecule has 0 spiro atoms. The number of amides is 1. The van der Waals surface area contributed by atoms with Crippen molar-refractivity contribution in [3.05, 3.63) is 60.3 Å². The number of aromatic nitrogens is 3. The van der Waals surface area contributed by atoms with E-state index in [4.69, 9.17) is 4.74 Å². The van der Waals surface area contributed by atoms with E-state index in [1.54, 1.807) is 27.7 Å². The summed E-state index contributed by atoms with van der Waals surface area (Å²) in [5.41, 5.74) is 1.60. The summed E-state index contributed by atoms with van der Waals surface area (Å²) >= 11 is 0. The van der Waals surface area contributed by atoms with Gasteiger partial charge in [-0.25, -0.2) is 13.9 Å². The van der Waals surface area contributed by atoms with Gasteiger partial charge < -0.3 is 9.64 Å². The van der Waals surface area contributed by atoms with E-state index in [0.29, 0.717) is 6.54 Å². The first-order valence-electron chi connectivity index (χ1n) is 8.69.